The Bertz CT molecular complexity index is 900. The number of anilines is 1. The zero-order valence-corrected chi connectivity index (χ0v) is 17.8. The van der Waals surface area contributed by atoms with Gasteiger partial charge in [-0.25, -0.2) is 0 Å². The first kappa shape index (κ1) is 19.5. The predicted octanol–water partition coefficient (Wildman–Crippen LogP) is 3.86. The highest BCUT2D eigenvalue weighted by molar-refractivity contribution is 6.06. The van der Waals surface area contributed by atoms with Crippen molar-refractivity contribution in [3.63, 3.8) is 0 Å². The van der Waals surface area contributed by atoms with Crippen molar-refractivity contribution in [1.82, 2.24) is 4.90 Å². The van der Waals surface area contributed by atoms with Crippen molar-refractivity contribution in [1.29, 1.82) is 0 Å². The van der Waals surface area contributed by atoms with Gasteiger partial charge in [0.15, 0.2) is 0 Å². The highest BCUT2D eigenvalue weighted by Gasteiger charge is 2.66. The average molecular weight is 407 g/mol. The third kappa shape index (κ3) is 3.19. The highest BCUT2D eigenvalue weighted by Crippen LogP contribution is 2.65. The number of amides is 3. The Labute approximate surface area is 177 Å². The maximum Gasteiger partial charge on any atom is 0.233 e. The number of benzene rings is 1. The van der Waals surface area contributed by atoms with Gasteiger partial charge in [0.05, 0.1) is 11.8 Å². The maximum atomic E-state index is 12.9. The summed E-state index contributed by atoms with van der Waals surface area (Å²) in [7, 11) is 0. The third-order valence-electron chi connectivity index (χ3n) is 7.83. The molecule has 0 aromatic heterocycles. The third-order valence-corrected chi connectivity index (χ3v) is 7.83. The maximum absolute atomic E-state index is 12.9. The van der Waals surface area contributed by atoms with E-state index in [2.05, 4.69) is 24.4 Å². The number of allylic oxidation sites excluding steroid dienone is 2. The van der Waals surface area contributed by atoms with E-state index < -0.39 is 0 Å². The Hall–Kier alpha value is -2.43. The molecule has 1 saturated heterocycles. The van der Waals surface area contributed by atoms with Crippen LogP contribution >= 0.6 is 0 Å². The second kappa shape index (κ2) is 7.36. The molecule has 1 aliphatic heterocycles. The average Bonchev–Trinajstić information content (AvgIpc) is 3.50. The summed E-state index contributed by atoms with van der Waals surface area (Å²) in [6, 6.07) is 5.93. The molecule has 30 heavy (non-hydrogen) atoms. The van der Waals surface area contributed by atoms with Crippen LogP contribution in [0.5, 0.6) is 0 Å². The number of likely N-dealkylation sites (tertiary alicyclic amines) is 1. The Kier molecular flexibility index (Phi) is 4.79. The molecule has 6 atom stereocenters. The molecule has 6 rings (SSSR count). The van der Waals surface area contributed by atoms with E-state index in [0.717, 1.165) is 30.5 Å². The Morgan fingerprint density at radius 2 is 1.63 bits per heavy atom. The number of hydrogen-bond donors (Lipinski definition) is 1. The van der Waals surface area contributed by atoms with E-state index in [1.54, 1.807) is 0 Å². The topological polar surface area (TPSA) is 66.5 Å². The fourth-order valence-electron chi connectivity index (χ4n) is 6.01. The smallest absolute Gasteiger partial charge is 0.233 e. The molecule has 1 aromatic rings. The van der Waals surface area contributed by atoms with Gasteiger partial charge in [0.1, 0.15) is 0 Å². The van der Waals surface area contributed by atoms with Gasteiger partial charge in [0.2, 0.25) is 17.7 Å². The van der Waals surface area contributed by atoms with Crippen molar-refractivity contribution in [2.45, 2.75) is 46.0 Å². The fourth-order valence-corrected chi connectivity index (χ4v) is 6.01. The minimum Gasteiger partial charge on any atom is -0.326 e. The lowest BCUT2D eigenvalue weighted by Crippen LogP contribution is -2.40. The van der Waals surface area contributed by atoms with Crippen LogP contribution in [-0.4, -0.2) is 29.2 Å². The molecule has 2 saturated carbocycles. The molecule has 3 fully saturated rings. The predicted molar refractivity (Wildman–Crippen MR) is 114 cm³/mol. The minimum absolute atomic E-state index is 0.0134. The summed E-state index contributed by atoms with van der Waals surface area (Å²) in [6.45, 7) is 4.58. The second-order valence-electron chi connectivity index (χ2n) is 9.64. The van der Waals surface area contributed by atoms with Gasteiger partial charge in [0, 0.05) is 18.7 Å². The molecule has 1 heterocycles. The van der Waals surface area contributed by atoms with Gasteiger partial charge in [-0.2, -0.15) is 0 Å². The van der Waals surface area contributed by atoms with Crippen LogP contribution in [0.2, 0.25) is 0 Å². The molecular formula is C25H30N2O3. The summed E-state index contributed by atoms with van der Waals surface area (Å²) < 4.78 is 0. The zero-order valence-electron chi connectivity index (χ0n) is 17.8. The van der Waals surface area contributed by atoms with Crippen LogP contribution in [0.4, 0.5) is 5.69 Å². The highest BCUT2D eigenvalue weighted by atomic mass is 16.2. The van der Waals surface area contributed by atoms with Gasteiger partial charge in [-0.3, -0.25) is 19.3 Å². The Morgan fingerprint density at radius 3 is 2.27 bits per heavy atom. The molecule has 6 unspecified atom stereocenters. The molecular weight excluding hydrogens is 376 g/mol. The molecule has 5 nitrogen and oxygen atoms in total. The molecule has 0 radical (unpaired) electrons. The molecule has 1 N–H and O–H groups in total. The monoisotopic (exact) mass is 406 g/mol. The molecule has 1 aromatic carbocycles. The number of unbranched alkanes of at least 4 members (excludes halogenated alkanes) is 2. The van der Waals surface area contributed by atoms with Crippen molar-refractivity contribution < 1.29 is 14.4 Å². The normalized spacial score (nSPS) is 32.9. The Morgan fingerprint density at radius 1 is 0.967 bits per heavy atom. The van der Waals surface area contributed by atoms with Crippen LogP contribution in [0.25, 0.3) is 0 Å². The SMILES string of the molecule is Cc1ccc(NC(=O)CCCCCN2C(=O)C3C4C=CC(C5CC45)C3C2=O)cc1C. The first-order valence-electron chi connectivity index (χ1n) is 11.4. The van der Waals surface area contributed by atoms with Gasteiger partial charge in [-0.15, -0.1) is 0 Å². The van der Waals surface area contributed by atoms with Crippen molar-refractivity contribution in [2.75, 3.05) is 11.9 Å². The van der Waals surface area contributed by atoms with Gasteiger partial charge in [-0.05, 0) is 80.0 Å². The first-order valence-corrected chi connectivity index (χ1v) is 11.4. The van der Waals surface area contributed by atoms with Gasteiger partial charge >= 0.3 is 0 Å². The van der Waals surface area contributed by atoms with Crippen LogP contribution in [0.3, 0.4) is 0 Å². The van der Waals surface area contributed by atoms with Crippen molar-refractivity contribution >= 4 is 23.4 Å². The van der Waals surface area contributed by atoms with E-state index in [-0.39, 0.29) is 29.6 Å². The number of aryl methyl sites for hydroxylation is 2. The number of hydrogen-bond acceptors (Lipinski definition) is 3. The number of nitrogens with zero attached hydrogens (tertiary/aromatic N) is 1. The van der Waals surface area contributed by atoms with Crippen molar-refractivity contribution in [3.05, 3.63) is 41.5 Å². The largest absolute Gasteiger partial charge is 0.326 e. The Balaban J connectivity index is 1.07. The summed E-state index contributed by atoms with van der Waals surface area (Å²) in [4.78, 5) is 39.6. The summed E-state index contributed by atoms with van der Waals surface area (Å²) in [6.07, 6.45) is 8.44. The van der Waals surface area contributed by atoms with E-state index in [4.69, 9.17) is 0 Å². The summed E-state index contributed by atoms with van der Waals surface area (Å²) in [5.74, 6) is 1.81. The molecule has 0 spiro atoms. The molecule has 5 aliphatic rings. The number of rotatable bonds is 7. The van der Waals surface area contributed by atoms with Crippen LogP contribution < -0.4 is 5.32 Å². The van der Waals surface area contributed by atoms with E-state index >= 15 is 0 Å². The van der Waals surface area contributed by atoms with E-state index in [0.29, 0.717) is 36.6 Å². The van der Waals surface area contributed by atoms with E-state index in [1.807, 2.05) is 25.1 Å². The number of imide groups is 1. The van der Waals surface area contributed by atoms with Gasteiger partial charge in [0.25, 0.3) is 0 Å². The number of carbonyl (C=O) groups is 3. The summed E-state index contributed by atoms with van der Waals surface area (Å²) in [5, 5.41) is 2.95. The number of carbonyl (C=O) groups excluding carboxylic acids is 3. The van der Waals surface area contributed by atoms with Gasteiger partial charge < -0.3 is 5.32 Å². The van der Waals surface area contributed by atoms with Crippen LogP contribution in [0, 0.1) is 49.4 Å². The van der Waals surface area contributed by atoms with Crippen molar-refractivity contribution in [2.24, 2.45) is 35.5 Å². The first-order chi connectivity index (χ1) is 14.5. The quantitative estimate of drug-likeness (QED) is 0.425. The standard InChI is InChI=1S/C25H30N2O3/c1-14-7-8-16(12-15(14)2)26-21(28)6-4-3-5-11-27-24(29)22-17-9-10-18(20-13-19(17)20)23(22)25(27)30/h7-10,12,17-20,22-23H,3-6,11,13H2,1-2H3,(H,26,28). The molecule has 4 aliphatic carbocycles. The van der Waals surface area contributed by atoms with Crippen LogP contribution in [0.15, 0.2) is 30.4 Å². The minimum atomic E-state index is -0.0972. The van der Waals surface area contributed by atoms with Crippen LogP contribution in [-0.2, 0) is 14.4 Å². The lowest BCUT2D eigenvalue weighted by atomic mass is 9.63. The zero-order chi connectivity index (χ0) is 21.0. The van der Waals surface area contributed by atoms with Crippen molar-refractivity contribution in [3.8, 4) is 0 Å². The van der Waals surface area contributed by atoms with E-state index in [1.165, 1.54) is 16.9 Å². The molecule has 158 valence electrons. The molecule has 2 bridgehead atoms. The molecule has 5 heteroatoms. The van der Waals surface area contributed by atoms with Crippen LogP contribution in [0.1, 0.15) is 43.2 Å². The number of nitrogens with one attached hydrogen (secondary N) is 1. The van der Waals surface area contributed by atoms with E-state index in [9.17, 15) is 14.4 Å². The summed E-state index contributed by atoms with van der Waals surface area (Å²) >= 11 is 0. The molecule has 3 amide bonds. The lowest BCUT2D eigenvalue weighted by Gasteiger charge is -2.37. The van der Waals surface area contributed by atoms with Gasteiger partial charge in [-0.1, -0.05) is 24.6 Å². The summed E-state index contributed by atoms with van der Waals surface area (Å²) in [5.41, 5.74) is 3.20. The second-order valence-corrected chi connectivity index (χ2v) is 9.64. The fraction of sp³-hybridized carbons (Fsp3) is 0.560. The lowest BCUT2D eigenvalue weighted by molar-refractivity contribution is -0.140.